The van der Waals surface area contributed by atoms with Gasteiger partial charge in [0.05, 0.1) is 6.26 Å². The first-order chi connectivity index (χ1) is 7.36. The Labute approximate surface area is 91.5 Å². The Morgan fingerprint density at radius 3 is 2.47 bits per heavy atom. The molecule has 0 N–H and O–H groups in total. The summed E-state index contributed by atoms with van der Waals surface area (Å²) in [6, 6.07) is 8.16. The highest BCUT2D eigenvalue weighted by molar-refractivity contribution is 5.27. The summed E-state index contributed by atoms with van der Waals surface area (Å²) in [5.41, 5.74) is 1.33. The van der Waals surface area contributed by atoms with Crippen molar-refractivity contribution < 1.29 is 9.47 Å². The molecule has 1 rings (SSSR count). The first-order valence-electron chi connectivity index (χ1n) is 5.31. The third-order valence-electron chi connectivity index (χ3n) is 2.03. The van der Waals surface area contributed by atoms with Gasteiger partial charge in [0.15, 0.2) is 0 Å². The first kappa shape index (κ1) is 11.6. The van der Waals surface area contributed by atoms with E-state index in [2.05, 4.69) is 19.1 Å². The van der Waals surface area contributed by atoms with Gasteiger partial charge in [0.1, 0.15) is 19.0 Å². The van der Waals surface area contributed by atoms with Crippen molar-refractivity contribution in [2.24, 2.45) is 0 Å². The van der Waals surface area contributed by atoms with Crippen molar-refractivity contribution in [1.29, 1.82) is 0 Å². The highest BCUT2D eigenvalue weighted by Gasteiger charge is 1.93. The van der Waals surface area contributed by atoms with E-state index >= 15 is 0 Å². The summed E-state index contributed by atoms with van der Waals surface area (Å²) in [4.78, 5) is 0. The maximum absolute atomic E-state index is 5.49. The molecule has 0 spiro atoms. The van der Waals surface area contributed by atoms with Gasteiger partial charge >= 0.3 is 0 Å². The second-order valence-corrected chi connectivity index (χ2v) is 3.19. The highest BCUT2D eigenvalue weighted by atomic mass is 16.5. The number of rotatable bonds is 6. The second kappa shape index (κ2) is 6.93. The largest absolute Gasteiger partial charge is 0.498 e. The van der Waals surface area contributed by atoms with Crippen molar-refractivity contribution >= 4 is 0 Å². The number of hydrogen-bond donors (Lipinski definition) is 0. The molecule has 0 fully saturated rings. The van der Waals surface area contributed by atoms with Crippen molar-refractivity contribution in [1.82, 2.24) is 0 Å². The van der Waals surface area contributed by atoms with Crippen molar-refractivity contribution in [2.45, 2.75) is 20.3 Å². The van der Waals surface area contributed by atoms with Gasteiger partial charge in [-0.25, -0.2) is 0 Å². The SMILES string of the molecule is CC=COCCOc1ccc(CC)cc1. The van der Waals surface area contributed by atoms with Gasteiger partial charge in [-0.05, 0) is 31.0 Å². The van der Waals surface area contributed by atoms with E-state index in [1.54, 1.807) is 6.26 Å². The molecule has 0 unspecified atom stereocenters. The molecule has 0 aliphatic carbocycles. The van der Waals surface area contributed by atoms with Crippen LogP contribution in [-0.4, -0.2) is 13.2 Å². The summed E-state index contributed by atoms with van der Waals surface area (Å²) in [6.07, 6.45) is 4.59. The van der Waals surface area contributed by atoms with Gasteiger partial charge in [-0.1, -0.05) is 25.1 Å². The summed E-state index contributed by atoms with van der Waals surface area (Å²) < 4.78 is 10.6. The van der Waals surface area contributed by atoms with Gasteiger partial charge in [-0.15, -0.1) is 0 Å². The molecule has 0 atom stereocenters. The highest BCUT2D eigenvalue weighted by Crippen LogP contribution is 2.12. The van der Waals surface area contributed by atoms with Gasteiger partial charge in [-0.3, -0.25) is 0 Å². The van der Waals surface area contributed by atoms with Crippen molar-refractivity contribution in [2.75, 3.05) is 13.2 Å². The summed E-state index contributed by atoms with van der Waals surface area (Å²) in [5, 5.41) is 0. The predicted molar refractivity (Wildman–Crippen MR) is 62.1 cm³/mol. The van der Waals surface area contributed by atoms with Gasteiger partial charge in [0, 0.05) is 0 Å². The molecular formula is C13H18O2. The lowest BCUT2D eigenvalue weighted by atomic mass is 10.2. The van der Waals surface area contributed by atoms with Gasteiger partial charge in [-0.2, -0.15) is 0 Å². The van der Waals surface area contributed by atoms with E-state index in [0.717, 1.165) is 12.2 Å². The molecule has 0 aliphatic heterocycles. The van der Waals surface area contributed by atoms with E-state index in [-0.39, 0.29) is 0 Å². The maximum atomic E-state index is 5.49. The van der Waals surface area contributed by atoms with E-state index in [0.29, 0.717) is 13.2 Å². The molecule has 2 nitrogen and oxygen atoms in total. The van der Waals surface area contributed by atoms with E-state index < -0.39 is 0 Å². The van der Waals surface area contributed by atoms with E-state index in [1.165, 1.54) is 5.56 Å². The third kappa shape index (κ3) is 4.54. The fourth-order valence-corrected chi connectivity index (χ4v) is 1.19. The van der Waals surface area contributed by atoms with Crippen molar-refractivity contribution in [3.05, 3.63) is 42.2 Å². The van der Waals surface area contributed by atoms with Crippen LogP contribution in [0.1, 0.15) is 19.4 Å². The zero-order valence-corrected chi connectivity index (χ0v) is 9.40. The lowest BCUT2D eigenvalue weighted by molar-refractivity contribution is 0.179. The zero-order chi connectivity index (χ0) is 10.9. The Hall–Kier alpha value is -1.44. The van der Waals surface area contributed by atoms with Crippen LogP contribution < -0.4 is 4.74 Å². The van der Waals surface area contributed by atoms with Crippen LogP contribution >= 0.6 is 0 Å². The summed E-state index contributed by atoms with van der Waals surface area (Å²) in [5.74, 6) is 0.899. The summed E-state index contributed by atoms with van der Waals surface area (Å²) in [6.45, 7) is 5.22. The van der Waals surface area contributed by atoms with E-state index in [1.807, 2.05) is 25.1 Å². The molecule has 0 heterocycles. The Bertz CT molecular complexity index is 288. The Kier molecular flexibility index (Phi) is 5.38. The molecule has 15 heavy (non-hydrogen) atoms. The van der Waals surface area contributed by atoms with Crippen molar-refractivity contribution in [3.63, 3.8) is 0 Å². The number of hydrogen-bond acceptors (Lipinski definition) is 2. The molecule has 0 aromatic heterocycles. The molecule has 1 aromatic carbocycles. The van der Waals surface area contributed by atoms with Crippen LogP contribution in [0.25, 0.3) is 0 Å². The molecule has 2 heteroatoms. The van der Waals surface area contributed by atoms with E-state index in [9.17, 15) is 0 Å². The fraction of sp³-hybridized carbons (Fsp3) is 0.385. The normalized spacial score (nSPS) is 10.5. The standard InChI is InChI=1S/C13H18O2/c1-3-9-14-10-11-15-13-7-5-12(4-2)6-8-13/h3,5-9H,4,10-11H2,1-2H3. The molecule has 0 saturated heterocycles. The average Bonchev–Trinajstić information content (AvgIpc) is 2.30. The lowest BCUT2D eigenvalue weighted by Gasteiger charge is -2.06. The van der Waals surface area contributed by atoms with Crippen LogP contribution in [-0.2, 0) is 11.2 Å². The quantitative estimate of drug-likeness (QED) is 0.525. The minimum Gasteiger partial charge on any atom is -0.498 e. The Morgan fingerprint density at radius 2 is 1.87 bits per heavy atom. The topological polar surface area (TPSA) is 18.5 Å². The molecule has 0 amide bonds. The van der Waals surface area contributed by atoms with Gasteiger partial charge in [0.2, 0.25) is 0 Å². The molecule has 1 aromatic rings. The van der Waals surface area contributed by atoms with Crippen LogP contribution in [0.3, 0.4) is 0 Å². The minimum absolute atomic E-state index is 0.579. The first-order valence-corrected chi connectivity index (χ1v) is 5.31. The Morgan fingerprint density at radius 1 is 1.13 bits per heavy atom. The van der Waals surface area contributed by atoms with Crippen molar-refractivity contribution in [3.8, 4) is 5.75 Å². The third-order valence-corrected chi connectivity index (χ3v) is 2.03. The number of aryl methyl sites for hydroxylation is 1. The minimum atomic E-state index is 0.579. The van der Waals surface area contributed by atoms with Crippen LogP contribution in [0.15, 0.2) is 36.6 Å². The number of ether oxygens (including phenoxy) is 2. The molecule has 0 bridgehead atoms. The zero-order valence-electron chi connectivity index (χ0n) is 9.40. The number of allylic oxidation sites excluding steroid dienone is 1. The molecule has 0 saturated carbocycles. The van der Waals surface area contributed by atoms with Crippen LogP contribution in [0.4, 0.5) is 0 Å². The summed E-state index contributed by atoms with van der Waals surface area (Å²) in [7, 11) is 0. The van der Waals surface area contributed by atoms with Crippen LogP contribution in [0, 0.1) is 0 Å². The maximum Gasteiger partial charge on any atom is 0.122 e. The predicted octanol–water partition coefficient (Wildman–Crippen LogP) is 3.18. The van der Waals surface area contributed by atoms with Crippen LogP contribution in [0.5, 0.6) is 5.75 Å². The average molecular weight is 206 g/mol. The monoisotopic (exact) mass is 206 g/mol. The smallest absolute Gasteiger partial charge is 0.122 e. The molecule has 0 aliphatic rings. The van der Waals surface area contributed by atoms with Gasteiger partial charge < -0.3 is 9.47 Å². The lowest BCUT2D eigenvalue weighted by Crippen LogP contribution is -2.03. The molecule has 0 radical (unpaired) electrons. The van der Waals surface area contributed by atoms with Gasteiger partial charge in [0.25, 0.3) is 0 Å². The second-order valence-electron chi connectivity index (χ2n) is 3.19. The van der Waals surface area contributed by atoms with E-state index in [4.69, 9.17) is 9.47 Å². The number of benzene rings is 1. The molecular weight excluding hydrogens is 188 g/mol. The van der Waals surface area contributed by atoms with Crippen LogP contribution in [0.2, 0.25) is 0 Å². The fourth-order valence-electron chi connectivity index (χ4n) is 1.19. The Balaban J connectivity index is 2.25. The summed E-state index contributed by atoms with van der Waals surface area (Å²) >= 11 is 0. The molecule has 82 valence electrons.